The molecule has 0 bridgehead atoms. The van der Waals surface area contributed by atoms with E-state index in [4.69, 9.17) is 9.47 Å². The molecule has 2 aliphatic heterocycles. The van der Waals surface area contributed by atoms with Crippen LogP contribution in [0.4, 0.5) is 0 Å². The average molecular weight is 402 g/mol. The molecule has 0 N–H and O–H groups in total. The highest BCUT2D eigenvalue weighted by Gasteiger charge is 2.50. The summed E-state index contributed by atoms with van der Waals surface area (Å²) in [5.41, 5.74) is 0.697. The molecule has 1 aliphatic carbocycles. The van der Waals surface area contributed by atoms with Crippen LogP contribution in [-0.4, -0.2) is 66.5 Å². The standard InChI is InChI=1S/C22H31N3O4/c1-3-28-19-18-17(8-11-23-19)22(29-21(18)27)9-6-16(7-10-22)20(26)24(2)14-15-25-12-4-5-13-25/h8,11,16H,3-7,9-10,12-15H2,1-2H3/t16-,22-. The summed E-state index contributed by atoms with van der Waals surface area (Å²) >= 11 is 0. The maximum absolute atomic E-state index is 12.9. The molecule has 1 saturated heterocycles. The van der Waals surface area contributed by atoms with E-state index >= 15 is 0 Å². The number of carbonyl (C=O) groups excluding carboxylic acids is 2. The Morgan fingerprint density at radius 3 is 2.76 bits per heavy atom. The summed E-state index contributed by atoms with van der Waals surface area (Å²) in [6.45, 7) is 6.35. The molecule has 2 fully saturated rings. The number of hydrogen-bond donors (Lipinski definition) is 0. The van der Waals surface area contributed by atoms with E-state index in [9.17, 15) is 9.59 Å². The van der Waals surface area contributed by atoms with Gasteiger partial charge in [-0.15, -0.1) is 0 Å². The van der Waals surface area contributed by atoms with Crippen molar-refractivity contribution >= 4 is 11.9 Å². The fourth-order valence-corrected chi connectivity index (χ4v) is 4.97. The smallest absolute Gasteiger partial charge is 0.344 e. The summed E-state index contributed by atoms with van der Waals surface area (Å²) in [4.78, 5) is 34.0. The summed E-state index contributed by atoms with van der Waals surface area (Å²) < 4.78 is 11.4. The maximum Gasteiger partial charge on any atom is 0.344 e. The molecule has 0 aromatic carbocycles. The summed E-state index contributed by atoms with van der Waals surface area (Å²) in [7, 11) is 1.91. The average Bonchev–Trinajstić information content (AvgIpc) is 3.34. The van der Waals surface area contributed by atoms with Crippen molar-refractivity contribution in [2.75, 3.05) is 39.8 Å². The molecule has 1 aromatic rings. The van der Waals surface area contributed by atoms with Gasteiger partial charge in [0.05, 0.1) is 6.61 Å². The number of hydrogen-bond acceptors (Lipinski definition) is 6. The fourth-order valence-electron chi connectivity index (χ4n) is 4.97. The van der Waals surface area contributed by atoms with Gasteiger partial charge in [0.1, 0.15) is 11.2 Å². The zero-order chi connectivity index (χ0) is 20.4. The van der Waals surface area contributed by atoms with Crippen LogP contribution in [0.3, 0.4) is 0 Å². The zero-order valence-electron chi connectivity index (χ0n) is 17.5. The summed E-state index contributed by atoms with van der Waals surface area (Å²) in [6, 6.07) is 1.87. The van der Waals surface area contributed by atoms with Crippen molar-refractivity contribution in [1.82, 2.24) is 14.8 Å². The van der Waals surface area contributed by atoms with E-state index in [1.165, 1.54) is 12.8 Å². The third-order valence-electron chi connectivity index (χ3n) is 6.65. The molecule has 0 unspecified atom stereocenters. The molecule has 7 heteroatoms. The fraction of sp³-hybridized carbons (Fsp3) is 0.682. The van der Waals surface area contributed by atoms with E-state index in [2.05, 4.69) is 9.88 Å². The number of nitrogens with zero attached hydrogens (tertiary/aromatic N) is 3. The van der Waals surface area contributed by atoms with Gasteiger partial charge in [0, 0.05) is 37.8 Å². The molecule has 7 nitrogen and oxygen atoms in total. The van der Waals surface area contributed by atoms with E-state index in [1.807, 2.05) is 24.9 Å². The Bertz CT molecular complexity index is 767. The van der Waals surface area contributed by atoms with Gasteiger partial charge in [-0.25, -0.2) is 9.78 Å². The van der Waals surface area contributed by atoms with Crippen molar-refractivity contribution in [1.29, 1.82) is 0 Å². The molecule has 0 radical (unpaired) electrons. The van der Waals surface area contributed by atoms with Crippen LogP contribution in [0, 0.1) is 5.92 Å². The first-order valence-electron chi connectivity index (χ1n) is 10.9. The molecular weight excluding hydrogens is 370 g/mol. The first-order valence-corrected chi connectivity index (χ1v) is 10.9. The molecule has 3 heterocycles. The largest absolute Gasteiger partial charge is 0.477 e. The molecule has 29 heavy (non-hydrogen) atoms. The number of likely N-dealkylation sites (tertiary alicyclic amines) is 1. The molecule has 3 aliphatic rings. The number of rotatable bonds is 6. The van der Waals surface area contributed by atoms with E-state index in [0.29, 0.717) is 30.9 Å². The molecule has 4 rings (SSSR count). The lowest BCUT2D eigenvalue weighted by Gasteiger charge is -2.37. The van der Waals surface area contributed by atoms with Crippen LogP contribution < -0.4 is 4.74 Å². The number of pyridine rings is 1. The van der Waals surface area contributed by atoms with Crippen molar-refractivity contribution in [2.45, 2.75) is 51.0 Å². The lowest BCUT2D eigenvalue weighted by molar-refractivity contribution is -0.137. The van der Waals surface area contributed by atoms with E-state index < -0.39 is 5.60 Å². The monoisotopic (exact) mass is 401 g/mol. The van der Waals surface area contributed by atoms with Crippen molar-refractivity contribution < 1.29 is 19.1 Å². The minimum atomic E-state index is -0.633. The summed E-state index contributed by atoms with van der Waals surface area (Å²) in [5, 5.41) is 0. The topological polar surface area (TPSA) is 72.0 Å². The Kier molecular flexibility index (Phi) is 5.76. The quantitative estimate of drug-likeness (QED) is 0.683. The second-order valence-electron chi connectivity index (χ2n) is 8.44. The number of aromatic nitrogens is 1. The van der Waals surface area contributed by atoms with Crippen molar-refractivity contribution in [3.8, 4) is 5.88 Å². The van der Waals surface area contributed by atoms with Gasteiger partial charge in [-0.3, -0.25) is 4.79 Å². The number of fused-ring (bicyclic) bond motifs is 2. The number of carbonyl (C=O) groups is 2. The first kappa shape index (κ1) is 20.1. The summed E-state index contributed by atoms with van der Waals surface area (Å²) in [6.07, 6.45) is 7.00. The van der Waals surface area contributed by atoms with Crippen molar-refractivity contribution in [3.63, 3.8) is 0 Å². The van der Waals surface area contributed by atoms with Crippen LogP contribution in [0.25, 0.3) is 0 Å². The van der Waals surface area contributed by atoms with Gasteiger partial charge in [0.25, 0.3) is 0 Å². The van der Waals surface area contributed by atoms with Gasteiger partial charge in [-0.1, -0.05) is 0 Å². The molecule has 0 atom stereocenters. The molecule has 1 spiro atoms. The van der Waals surface area contributed by atoms with E-state index in [0.717, 1.165) is 44.6 Å². The minimum Gasteiger partial charge on any atom is -0.477 e. The first-order chi connectivity index (χ1) is 14.0. The SMILES string of the molecule is CCOc1nccc2c1C(=O)O[C@]21CC[C@H](C(=O)N(C)CCN2CCCC2)CC1. The Balaban J connectivity index is 1.39. The lowest BCUT2D eigenvalue weighted by atomic mass is 9.75. The van der Waals surface area contributed by atoms with Crippen LogP contribution in [-0.2, 0) is 15.1 Å². The Hall–Kier alpha value is -2.15. The molecule has 1 amide bonds. The minimum absolute atomic E-state index is 0.000143. The van der Waals surface area contributed by atoms with Crippen LogP contribution in [0.2, 0.25) is 0 Å². The Morgan fingerprint density at radius 1 is 1.34 bits per heavy atom. The lowest BCUT2D eigenvalue weighted by Crippen LogP contribution is -2.41. The van der Waals surface area contributed by atoms with Gasteiger partial charge in [-0.2, -0.15) is 0 Å². The maximum atomic E-state index is 12.9. The Labute approximate surface area is 172 Å². The summed E-state index contributed by atoms with van der Waals surface area (Å²) in [5.74, 6) is 0.212. The predicted molar refractivity (Wildman–Crippen MR) is 108 cm³/mol. The highest BCUT2D eigenvalue weighted by Crippen LogP contribution is 2.49. The van der Waals surface area contributed by atoms with Gasteiger partial charge in [0.2, 0.25) is 11.8 Å². The molecule has 158 valence electrons. The van der Waals surface area contributed by atoms with Crippen LogP contribution in [0.5, 0.6) is 5.88 Å². The highest BCUT2D eigenvalue weighted by molar-refractivity contribution is 5.97. The number of esters is 1. The third-order valence-corrected chi connectivity index (χ3v) is 6.65. The third kappa shape index (κ3) is 3.84. The van der Waals surface area contributed by atoms with E-state index in [1.54, 1.807) is 6.20 Å². The van der Waals surface area contributed by atoms with E-state index in [-0.39, 0.29) is 17.8 Å². The second-order valence-corrected chi connectivity index (χ2v) is 8.44. The van der Waals surface area contributed by atoms with Gasteiger partial charge in [0.15, 0.2) is 0 Å². The van der Waals surface area contributed by atoms with Crippen LogP contribution in [0.1, 0.15) is 61.4 Å². The van der Waals surface area contributed by atoms with Crippen LogP contribution in [0.15, 0.2) is 12.3 Å². The van der Waals surface area contributed by atoms with Crippen LogP contribution >= 0.6 is 0 Å². The second kappa shape index (κ2) is 8.30. The van der Waals surface area contributed by atoms with Gasteiger partial charge >= 0.3 is 5.97 Å². The number of likely N-dealkylation sites (N-methyl/N-ethyl adjacent to an activating group) is 1. The predicted octanol–water partition coefficient (Wildman–Crippen LogP) is 2.59. The van der Waals surface area contributed by atoms with Crippen molar-refractivity contribution in [2.24, 2.45) is 5.92 Å². The number of ether oxygens (including phenoxy) is 2. The number of amides is 1. The van der Waals surface area contributed by atoms with Gasteiger partial charge < -0.3 is 19.3 Å². The normalized spacial score (nSPS) is 26.4. The van der Waals surface area contributed by atoms with Gasteiger partial charge in [-0.05, 0) is 64.6 Å². The molecule has 1 aromatic heterocycles. The Morgan fingerprint density at radius 2 is 2.07 bits per heavy atom. The zero-order valence-corrected chi connectivity index (χ0v) is 17.5. The molecular formula is C22H31N3O4. The van der Waals surface area contributed by atoms with Crippen molar-refractivity contribution in [3.05, 3.63) is 23.4 Å². The molecule has 1 saturated carbocycles. The highest BCUT2D eigenvalue weighted by atomic mass is 16.6.